The highest BCUT2D eigenvalue weighted by Gasteiger charge is 2.01. The summed E-state index contributed by atoms with van der Waals surface area (Å²) in [6.45, 7) is 4.12. The molecule has 15 heavy (non-hydrogen) atoms. The molecule has 0 aliphatic carbocycles. The van der Waals surface area contributed by atoms with E-state index in [4.69, 9.17) is 0 Å². The molecule has 0 bridgehead atoms. The van der Waals surface area contributed by atoms with Crippen molar-refractivity contribution in [1.82, 2.24) is 9.71 Å². The summed E-state index contributed by atoms with van der Waals surface area (Å²) in [4.78, 5) is 4.50. The molecule has 2 rings (SSSR count). The third-order valence-electron chi connectivity index (χ3n) is 1.77. The number of nitrogens with zero attached hydrogens (tertiary/aromatic N) is 1. The topological polar surface area (TPSA) is 24.9 Å². The number of para-hydroxylation sites is 1. The zero-order valence-corrected chi connectivity index (χ0v) is 10.3. The Labute approximate surface area is 97.6 Å². The molecule has 0 amide bonds. The number of hydrogen-bond acceptors (Lipinski definition) is 4. The lowest BCUT2D eigenvalue weighted by molar-refractivity contribution is 1.24. The molecule has 0 spiro atoms. The zero-order valence-electron chi connectivity index (χ0n) is 8.65. The summed E-state index contributed by atoms with van der Waals surface area (Å²) < 4.78 is 5.45. The Kier molecular flexibility index (Phi) is 3.28. The van der Waals surface area contributed by atoms with Crippen LogP contribution in [-0.2, 0) is 0 Å². The average Bonchev–Trinajstić information content (AvgIpc) is 2.59. The molecule has 2 aromatic rings. The van der Waals surface area contributed by atoms with Crippen molar-refractivity contribution in [1.29, 1.82) is 0 Å². The van der Waals surface area contributed by atoms with E-state index in [2.05, 4.69) is 29.6 Å². The SMILES string of the molecule is CC(C)=CNSc1nc2ccccc2s1. The number of thiazole rings is 1. The van der Waals surface area contributed by atoms with Gasteiger partial charge in [0.1, 0.15) is 0 Å². The molecule has 0 saturated heterocycles. The number of fused-ring (bicyclic) bond motifs is 1. The van der Waals surface area contributed by atoms with Crippen molar-refractivity contribution >= 4 is 33.5 Å². The summed E-state index contributed by atoms with van der Waals surface area (Å²) in [5.74, 6) is 0. The maximum atomic E-state index is 4.50. The summed E-state index contributed by atoms with van der Waals surface area (Å²) in [7, 11) is 0. The predicted molar refractivity (Wildman–Crippen MR) is 68.0 cm³/mol. The van der Waals surface area contributed by atoms with Gasteiger partial charge in [0.2, 0.25) is 0 Å². The maximum Gasteiger partial charge on any atom is 0.171 e. The monoisotopic (exact) mass is 236 g/mol. The third kappa shape index (κ3) is 2.73. The summed E-state index contributed by atoms with van der Waals surface area (Å²) in [6.07, 6.45) is 1.98. The Morgan fingerprint density at radius 2 is 2.20 bits per heavy atom. The van der Waals surface area contributed by atoms with E-state index in [1.807, 2.05) is 24.4 Å². The summed E-state index contributed by atoms with van der Waals surface area (Å²) in [6, 6.07) is 8.19. The largest absolute Gasteiger partial charge is 0.331 e. The van der Waals surface area contributed by atoms with Crippen LogP contribution in [0.3, 0.4) is 0 Å². The van der Waals surface area contributed by atoms with Gasteiger partial charge in [-0.2, -0.15) is 0 Å². The molecule has 78 valence electrons. The van der Waals surface area contributed by atoms with Crippen molar-refractivity contribution in [3.63, 3.8) is 0 Å². The molecule has 0 atom stereocenters. The molecule has 0 saturated carbocycles. The first-order chi connectivity index (χ1) is 7.25. The van der Waals surface area contributed by atoms with Crippen molar-refractivity contribution in [3.05, 3.63) is 36.0 Å². The highest BCUT2D eigenvalue weighted by molar-refractivity contribution is 7.99. The molecule has 1 aromatic heterocycles. The number of benzene rings is 1. The van der Waals surface area contributed by atoms with Gasteiger partial charge in [0.25, 0.3) is 0 Å². The number of rotatable bonds is 3. The quantitative estimate of drug-likeness (QED) is 0.820. The van der Waals surface area contributed by atoms with Crippen molar-refractivity contribution in [2.45, 2.75) is 18.2 Å². The number of aromatic nitrogens is 1. The fraction of sp³-hybridized carbons (Fsp3) is 0.182. The van der Waals surface area contributed by atoms with Gasteiger partial charge >= 0.3 is 0 Å². The van der Waals surface area contributed by atoms with Gasteiger partial charge < -0.3 is 4.72 Å². The minimum absolute atomic E-state index is 1.05. The van der Waals surface area contributed by atoms with Gasteiger partial charge in [-0.15, -0.1) is 11.3 Å². The van der Waals surface area contributed by atoms with Crippen molar-refractivity contribution in [3.8, 4) is 0 Å². The second-order valence-electron chi connectivity index (χ2n) is 3.39. The normalized spacial score (nSPS) is 10.3. The van der Waals surface area contributed by atoms with Gasteiger partial charge in [-0.1, -0.05) is 17.7 Å². The number of nitrogens with one attached hydrogen (secondary N) is 1. The lowest BCUT2D eigenvalue weighted by atomic mass is 10.3. The van der Waals surface area contributed by atoms with Crippen LogP contribution >= 0.6 is 23.3 Å². The van der Waals surface area contributed by atoms with Crippen LogP contribution in [0.2, 0.25) is 0 Å². The number of allylic oxidation sites excluding steroid dienone is 1. The van der Waals surface area contributed by atoms with E-state index < -0.39 is 0 Å². The smallest absolute Gasteiger partial charge is 0.171 e. The van der Waals surface area contributed by atoms with Crippen LogP contribution in [0.1, 0.15) is 13.8 Å². The molecule has 0 fully saturated rings. The standard InChI is InChI=1S/C11H12N2S2/c1-8(2)7-12-15-11-13-9-5-3-4-6-10(9)14-11/h3-7,12H,1-2H3. The van der Waals surface area contributed by atoms with Crippen LogP contribution in [0.25, 0.3) is 10.2 Å². The molecular formula is C11H12N2S2. The van der Waals surface area contributed by atoms with Crippen molar-refractivity contribution in [2.75, 3.05) is 0 Å². The van der Waals surface area contributed by atoms with E-state index in [-0.39, 0.29) is 0 Å². The fourth-order valence-electron chi connectivity index (χ4n) is 1.09. The molecule has 1 N–H and O–H groups in total. The molecule has 0 aliphatic rings. The maximum absolute atomic E-state index is 4.50. The lowest BCUT2D eigenvalue weighted by Gasteiger charge is -1.94. The van der Waals surface area contributed by atoms with Gasteiger partial charge in [-0.05, 0) is 26.0 Å². The van der Waals surface area contributed by atoms with Gasteiger partial charge in [-0.25, -0.2) is 4.98 Å². The minimum Gasteiger partial charge on any atom is -0.331 e. The van der Waals surface area contributed by atoms with Crippen LogP contribution in [-0.4, -0.2) is 4.98 Å². The van der Waals surface area contributed by atoms with Gasteiger partial charge in [0, 0.05) is 18.1 Å². The van der Waals surface area contributed by atoms with E-state index in [1.165, 1.54) is 10.3 Å². The lowest BCUT2D eigenvalue weighted by Crippen LogP contribution is -1.90. The van der Waals surface area contributed by atoms with Gasteiger partial charge in [-0.3, -0.25) is 0 Å². The average molecular weight is 236 g/mol. The van der Waals surface area contributed by atoms with Gasteiger partial charge in [0.15, 0.2) is 4.34 Å². The molecule has 0 aliphatic heterocycles. The Balaban J connectivity index is 2.12. The minimum atomic E-state index is 1.05. The first-order valence-corrected chi connectivity index (χ1v) is 6.30. The molecule has 0 unspecified atom stereocenters. The molecular weight excluding hydrogens is 224 g/mol. The van der Waals surface area contributed by atoms with Crippen LogP contribution in [0.15, 0.2) is 40.4 Å². The Morgan fingerprint density at radius 1 is 1.40 bits per heavy atom. The molecule has 4 heteroatoms. The highest BCUT2D eigenvalue weighted by Crippen LogP contribution is 2.27. The molecule has 1 heterocycles. The first-order valence-electron chi connectivity index (χ1n) is 4.67. The summed E-state index contributed by atoms with van der Waals surface area (Å²) in [5, 5.41) is 0. The first kappa shape index (κ1) is 10.5. The highest BCUT2D eigenvalue weighted by atomic mass is 32.2. The van der Waals surface area contributed by atoms with Crippen molar-refractivity contribution in [2.24, 2.45) is 0 Å². The summed E-state index contributed by atoms with van der Waals surface area (Å²) >= 11 is 3.26. The van der Waals surface area contributed by atoms with E-state index in [1.54, 1.807) is 23.3 Å². The third-order valence-corrected chi connectivity index (χ3v) is 3.60. The van der Waals surface area contributed by atoms with Crippen molar-refractivity contribution < 1.29 is 0 Å². The zero-order chi connectivity index (χ0) is 10.7. The van der Waals surface area contributed by atoms with E-state index in [9.17, 15) is 0 Å². The van der Waals surface area contributed by atoms with E-state index in [0.717, 1.165) is 9.86 Å². The second-order valence-corrected chi connectivity index (χ2v) is 5.50. The van der Waals surface area contributed by atoms with Gasteiger partial charge in [0.05, 0.1) is 10.2 Å². The molecule has 2 nitrogen and oxygen atoms in total. The van der Waals surface area contributed by atoms with Crippen LogP contribution in [0.5, 0.6) is 0 Å². The van der Waals surface area contributed by atoms with E-state index in [0.29, 0.717) is 0 Å². The van der Waals surface area contributed by atoms with Crippen LogP contribution < -0.4 is 4.72 Å². The predicted octanol–water partition coefficient (Wildman–Crippen LogP) is 3.82. The summed E-state index contributed by atoms with van der Waals surface area (Å²) in [5.41, 5.74) is 2.33. The second kappa shape index (κ2) is 4.68. The Morgan fingerprint density at radius 3 is 2.93 bits per heavy atom. The fourth-order valence-corrected chi connectivity index (χ4v) is 2.91. The number of hydrogen-bond donors (Lipinski definition) is 1. The Hall–Kier alpha value is -1.00. The van der Waals surface area contributed by atoms with Crippen LogP contribution in [0.4, 0.5) is 0 Å². The Bertz CT molecular complexity index is 451. The van der Waals surface area contributed by atoms with E-state index >= 15 is 0 Å². The molecule has 1 aromatic carbocycles. The van der Waals surface area contributed by atoms with Crippen LogP contribution in [0, 0.1) is 0 Å². The molecule has 0 radical (unpaired) electrons.